The largest absolute Gasteiger partial charge is 0.326 e. The minimum atomic E-state index is -0.227. The Kier molecular flexibility index (Phi) is 3.82. The van der Waals surface area contributed by atoms with E-state index < -0.39 is 0 Å². The van der Waals surface area contributed by atoms with E-state index >= 15 is 0 Å². The lowest BCUT2D eigenvalue weighted by molar-refractivity contribution is 0.627. The minimum Gasteiger partial charge on any atom is -0.326 e. The van der Waals surface area contributed by atoms with Crippen LogP contribution in [0.15, 0.2) is 48.5 Å². The molecule has 1 aromatic heterocycles. The molecule has 4 heteroatoms. The summed E-state index contributed by atoms with van der Waals surface area (Å²) in [5.41, 5.74) is 9.66. The van der Waals surface area contributed by atoms with E-state index in [9.17, 15) is 4.39 Å². The second-order valence-corrected chi connectivity index (χ2v) is 5.90. The molecule has 2 nitrogen and oxygen atoms in total. The average Bonchev–Trinajstić information content (AvgIpc) is 2.92. The first kappa shape index (κ1) is 13.9. The number of benzene rings is 2. The molecule has 21 heavy (non-hydrogen) atoms. The number of halogens is 1. The monoisotopic (exact) mass is 298 g/mol. The second kappa shape index (κ2) is 5.76. The molecule has 0 bridgehead atoms. The van der Waals surface area contributed by atoms with Crippen molar-refractivity contribution in [2.45, 2.75) is 13.5 Å². The van der Waals surface area contributed by atoms with Crippen molar-refractivity contribution >= 4 is 11.3 Å². The van der Waals surface area contributed by atoms with Gasteiger partial charge < -0.3 is 5.73 Å². The van der Waals surface area contributed by atoms with Crippen LogP contribution in [0.5, 0.6) is 0 Å². The van der Waals surface area contributed by atoms with Crippen molar-refractivity contribution in [1.82, 2.24) is 4.98 Å². The number of nitrogens with two attached hydrogens (primary N) is 1. The summed E-state index contributed by atoms with van der Waals surface area (Å²) in [5, 5.41) is 0.881. The van der Waals surface area contributed by atoms with Gasteiger partial charge in [-0.05, 0) is 30.7 Å². The molecular formula is C17H15FN2S. The maximum absolute atomic E-state index is 13.2. The van der Waals surface area contributed by atoms with Crippen LogP contribution >= 0.6 is 11.3 Å². The lowest BCUT2D eigenvalue weighted by Gasteiger charge is -2.01. The Morgan fingerprint density at radius 3 is 2.57 bits per heavy atom. The number of nitrogens with zero attached hydrogens (tertiary/aromatic N) is 1. The van der Waals surface area contributed by atoms with E-state index in [2.05, 4.69) is 0 Å². The molecule has 0 atom stereocenters. The van der Waals surface area contributed by atoms with Gasteiger partial charge in [0.1, 0.15) is 10.8 Å². The van der Waals surface area contributed by atoms with Gasteiger partial charge in [0, 0.05) is 22.5 Å². The highest BCUT2D eigenvalue weighted by Crippen LogP contribution is 2.35. The molecule has 0 fully saturated rings. The van der Waals surface area contributed by atoms with Crippen LogP contribution in [0.3, 0.4) is 0 Å². The van der Waals surface area contributed by atoms with Gasteiger partial charge in [0.2, 0.25) is 0 Å². The third-order valence-corrected chi connectivity index (χ3v) is 4.46. The van der Waals surface area contributed by atoms with Crippen molar-refractivity contribution in [2.24, 2.45) is 5.73 Å². The first-order chi connectivity index (χ1) is 10.2. The molecule has 3 rings (SSSR count). The summed E-state index contributed by atoms with van der Waals surface area (Å²) in [4.78, 5) is 5.77. The molecule has 2 N–H and O–H groups in total. The zero-order valence-corrected chi connectivity index (χ0v) is 12.5. The SMILES string of the molecule is Cc1cc(F)ccc1-c1nc(-c2ccccc2)c(CN)s1. The highest BCUT2D eigenvalue weighted by Gasteiger charge is 2.14. The summed E-state index contributed by atoms with van der Waals surface area (Å²) < 4.78 is 13.2. The first-order valence-electron chi connectivity index (χ1n) is 6.70. The molecule has 0 aliphatic rings. The maximum Gasteiger partial charge on any atom is 0.124 e. The predicted octanol–water partition coefficient (Wildman–Crippen LogP) is 4.38. The van der Waals surface area contributed by atoms with Gasteiger partial charge >= 0.3 is 0 Å². The normalized spacial score (nSPS) is 10.8. The van der Waals surface area contributed by atoms with Crippen LogP contribution in [0.4, 0.5) is 4.39 Å². The van der Waals surface area contributed by atoms with Crippen molar-refractivity contribution in [2.75, 3.05) is 0 Å². The van der Waals surface area contributed by atoms with Crippen LogP contribution in [0.2, 0.25) is 0 Å². The van der Waals surface area contributed by atoms with Gasteiger partial charge in [0.05, 0.1) is 5.69 Å². The molecular weight excluding hydrogens is 283 g/mol. The lowest BCUT2D eigenvalue weighted by Crippen LogP contribution is -1.95. The number of rotatable bonds is 3. The number of aromatic nitrogens is 1. The summed E-state index contributed by atoms with van der Waals surface area (Å²) in [5.74, 6) is -0.227. The number of aryl methyl sites for hydroxylation is 1. The minimum absolute atomic E-state index is 0.227. The smallest absolute Gasteiger partial charge is 0.124 e. The van der Waals surface area contributed by atoms with Crippen molar-refractivity contribution in [3.05, 3.63) is 64.8 Å². The van der Waals surface area contributed by atoms with Crippen LogP contribution < -0.4 is 5.73 Å². The van der Waals surface area contributed by atoms with Gasteiger partial charge in [-0.1, -0.05) is 30.3 Å². The number of hydrogen-bond donors (Lipinski definition) is 1. The Balaban J connectivity index is 2.12. The Bertz CT molecular complexity index is 766. The Labute approximate surface area is 127 Å². The Morgan fingerprint density at radius 2 is 1.90 bits per heavy atom. The standard InChI is InChI=1S/C17H15FN2S/c1-11-9-13(18)7-8-14(11)17-20-16(15(10-19)21-17)12-5-3-2-4-6-12/h2-9H,10,19H2,1H3. The molecule has 0 radical (unpaired) electrons. The lowest BCUT2D eigenvalue weighted by atomic mass is 10.1. The zero-order valence-electron chi connectivity index (χ0n) is 11.6. The van der Waals surface area contributed by atoms with Crippen molar-refractivity contribution in [3.63, 3.8) is 0 Å². The highest BCUT2D eigenvalue weighted by molar-refractivity contribution is 7.15. The molecule has 0 aliphatic heterocycles. The van der Waals surface area contributed by atoms with Gasteiger partial charge in [-0.3, -0.25) is 0 Å². The fraction of sp³-hybridized carbons (Fsp3) is 0.118. The molecule has 0 amide bonds. The number of thiazole rings is 1. The first-order valence-corrected chi connectivity index (χ1v) is 7.52. The summed E-state index contributed by atoms with van der Waals surface area (Å²) in [7, 11) is 0. The molecule has 0 spiro atoms. The van der Waals surface area contributed by atoms with Crippen LogP contribution in [0.25, 0.3) is 21.8 Å². The van der Waals surface area contributed by atoms with Gasteiger partial charge in [-0.15, -0.1) is 11.3 Å². The molecule has 0 aliphatic carbocycles. The molecule has 0 saturated carbocycles. The van der Waals surface area contributed by atoms with Gasteiger partial charge in [0.15, 0.2) is 0 Å². The molecule has 3 aromatic rings. The van der Waals surface area contributed by atoms with E-state index in [-0.39, 0.29) is 5.82 Å². The van der Waals surface area contributed by atoms with E-state index in [0.29, 0.717) is 6.54 Å². The van der Waals surface area contributed by atoms with Crippen LogP contribution in [-0.2, 0) is 6.54 Å². The van der Waals surface area contributed by atoms with Crippen LogP contribution in [-0.4, -0.2) is 4.98 Å². The van der Waals surface area contributed by atoms with Gasteiger partial charge in [0.25, 0.3) is 0 Å². The fourth-order valence-electron chi connectivity index (χ4n) is 2.29. The molecule has 0 unspecified atom stereocenters. The number of hydrogen-bond acceptors (Lipinski definition) is 3. The summed E-state index contributed by atoms with van der Waals surface area (Å²) in [6.45, 7) is 2.34. The summed E-state index contributed by atoms with van der Waals surface area (Å²) in [6, 6.07) is 14.8. The summed E-state index contributed by atoms with van der Waals surface area (Å²) >= 11 is 1.57. The predicted molar refractivity (Wildman–Crippen MR) is 85.6 cm³/mol. The van der Waals surface area contributed by atoms with Crippen molar-refractivity contribution in [1.29, 1.82) is 0 Å². The Morgan fingerprint density at radius 1 is 1.14 bits per heavy atom. The maximum atomic E-state index is 13.2. The van der Waals surface area contributed by atoms with Crippen molar-refractivity contribution in [3.8, 4) is 21.8 Å². The van der Waals surface area contributed by atoms with E-state index in [4.69, 9.17) is 10.7 Å². The van der Waals surface area contributed by atoms with E-state index in [1.54, 1.807) is 17.4 Å². The van der Waals surface area contributed by atoms with Crippen molar-refractivity contribution < 1.29 is 4.39 Å². The molecule has 2 aromatic carbocycles. The Hall–Kier alpha value is -2.04. The fourth-order valence-corrected chi connectivity index (χ4v) is 3.35. The van der Waals surface area contributed by atoms with E-state index in [1.165, 1.54) is 12.1 Å². The molecule has 1 heterocycles. The zero-order chi connectivity index (χ0) is 14.8. The topological polar surface area (TPSA) is 38.9 Å². The van der Waals surface area contributed by atoms with E-state index in [0.717, 1.165) is 32.3 Å². The quantitative estimate of drug-likeness (QED) is 0.779. The summed E-state index contributed by atoms with van der Waals surface area (Å²) in [6.07, 6.45) is 0. The van der Waals surface area contributed by atoms with Gasteiger partial charge in [-0.2, -0.15) is 0 Å². The van der Waals surface area contributed by atoms with Crippen LogP contribution in [0.1, 0.15) is 10.4 Å². The molecule has 106 valence electrons. The van der Waals surface area contributed by atoms with E-state index in [1.807, 2.05) is 37.3 Å². The second-order valence-electron chi connectivity index (χ2n) is 4.82. The third-order valence-electron chi connectivity index (χ3n) is 3.35. The average molecular weight is 298 g/mol. The highest BCUT2D eigenvalue weighted by atomic mass is 32.1. The van der Waals surface area contributed by atoms with Crippen LogP contribution in [0, 0.1) is 12.7 Å². The third kappa shape index (κ3) is 2.73. The van der Waals surface area contributed by atoms with Gasteiger partial charge in [-0.25, -0.2) is 9.37 Å². The molecule has 0 saturated heterocycles.